The lowest BCUT2D eigenvalue weighted by Gasteiger charge is -2.19. The minimum atomic E-state index is 0.757. The van der Waals surface area contributed by atoms with E-state index in [1.807, 2.05) is 19.1 Å². The van der Waals surface area contributed by atoms with Crippen LogP contribution in [0.5, 0.6) is 0 Å². The van der Waals surface area contributed by atoms with Crippen LogP contribution in [0, 0.1) is 12.8 Å². The van der Waals surface area contributed by atoms with Crippen LogP contribution in [-0.4, -0.2) is 9.55 Å². The maximum Gasteiger partial charge on any atom is 0.154 e. The molecule has 2 aromatic rings. The molecular weight excluding hydrogens is 200 g/mol. The van der Waals surface area contributed by atoms with Crippen molar-refractivity contribution in [3.05, 3.63) is 29.9 Å². The molecule has 0 N–H and O–H groups in total. The smallest absolute Gasteiger partial charge is 0.154 e. The zero-order valence-corrected chi connectivity index (χ0v) is 9.73. The third-order valence-corrected chi connectivity index (χ3v) is 3.22. The Morgan fingerprint density at radius 2 is 2.31 bits per heavy atom. The summed E-state index contributed by atoms with van der Waals surface area (Å²) in [4.78, 5) is 4.64. The number of rotatable bonds is 1. The summed E-state index contributed by atoms with van der Waals surface area (Å²) in [6, 6.07) is 3.98. The summed E-state index contributed by atoms with van der Waals surface area (Å²) >= 11 is 0. The van der Waals surface area contributed by atoms with Gasteiger partial charge in [-0.2, -0.15) is 0 Å². The van der Waals surface area contributed by atoms with Gasteiger partial charge in [-0.1, -0.05) is 6.92 Å². The predicted molar refractivity (Wildman–Crippen MR) is 62.2 cm³/mol. The Hall–Kier alpha value is -1.51. The highest BCUT2D eigenvalue weighted by Gasteiger charge is 2.18. The highest BCUT2D eigenvalue weighted by atomic mass is 16.3. The third kappa shape index (κ3) is 1.56. The molecule has 1 aliphatic rings. The summed E-state index contributed by atoms with van der Waals surface area (Å²) in [6.45, 7) is 5.34. The lowest BCUT2D eigenvalue weighted by Crippen LogP contribution is -2.17. The molecule has 3 rings (SSSR count). The fraction of sp³-hybridized carbons (Fsp3) is 0.462. The van der Waals surface area contributed by atoms with E-state index in [1.54, 1.807) is 0 Å². The molecule has 1 aliphatic heterocycles. The van der Waals surface area contributed by atoms with Crippen molar-refractivity contribution in [3.63, 3.8) is 0 Å². The number of furan rings is 1. The molecule has 0 aliphatic carbocycles. The van der Waals surface area contributed by atoms with Crippen molar-refractivity contribution >= 4 is 0 Å². The van der Waals surface area contributed by atoms with E-state index in [0.29, 0.717) is 0 Å². The number of hydrogen-bond acceptors (Lipinski definition) is 2. The molecule has 84 valence electrons. The summed E-state index contributed by atoms with van der Waals surface area (Å²) in [5.41, 5.74) is 0.970. The molecule has 3 nitrogen and oxygen atoms in total. The van der Waals surface area contributed by atoms with Gasteiger partial charge in [-0.25, -0.2) is 4.98 Å². The second kappa shape index (κ2) is 3.51. The number of aryl methyl sites for hydroxylation is 2. The molecule has 0 amide bonds. The minimum Gasteiger partial charge on any atom is -0.460 e. The average Bonchev–Trinajstić information content (AvgIpc) is 2.83. The number of hydrogen-bond donors (Lipinski definition) is 0. The number of fused-ring (bicyclic) bond motifs is 1. The highest BCUT2D eigenvalue weighted by molar-refractivity contribution is 5.51. The molecule has 3 heteroatoms. The first-order valence-electron chi connectivity index (χ1n) is 5.85. The largest absolute Gasteiger partial charge is 0.460 e. The van der Waals surface area contributed by atoms with Crippen molar-refractivity contribution in [3.8, 4) is 11.5 Å². The predicted octanol–water partition coefficient (Wildman–Crippen LogP) is 3.03. The molecule has 16 heavy (non-hydrogen) atoms. The summed E-state index contributed by atoms with van der Waals surface area (Å²) in [6.07, 6.45) is 4.44. The Morgan fingerprint density at radius 3 is 3.06 bits per heavy atom. The van der Waals surface area contributed by atoms with Gasteiger partial charge in [0.05, 0.1) is 0 Å². The normalized spacial score (nSPS) is 19.8. The van der Waals surface area contributed by atoms with Gasteiger partial charge in [0.1, 0.15) is 17.3 Å². The van der Waals surface area contributed by atoms with Crippen molar-refractivity contribution in [1.29, 1.82) is 0 Å². The van der Waals surface area contributed by atoms with Crippen LogP contribution in [0.1, 0.15) is 24.9 Å². The van der Waals surface area contributed by atoms with E-state index in [1.165, 1.54) is 12.2 Å². The number of nitrogens with zero attached hydrogens (tertiary/aromatic N) is 2. The van der Waals surface area contributed by atoms with Gasteiger partial charge >= 0.3 is 0 Å². The van der Waals surface area contributed by atoms with Gasteiger partial charge in [0.2, 0.25) is 0 Å². The second-order valence-corrected chi connectivity index (χ2v) is 4.75. The first-order valence-corrected chi connectivity index (χ1v) is 5.85. The van der Waals surface area contributed by atoms with Crippen LogP contribution in [-0.2, 0) is 13.0 Å². The first kappa shape index (κ1) is 9.70. The monoisotopic (exact) mass is 216 g/mol. The molecular formula is C13H16N2O. The third-order valence-electron chi connectivity index (χ3n) is 3.22. The molecule has 2 aromatic heterocycles. The fourth-order valence-corrected chi connectivity index (χ4v) is 2.31. The molecule has 0 aromatic carbocycles. The van der Waals surface area contributed by atoms with E-state index >= 15 is 0 Å². The van der Waals surface area contributed by atoms with E-state index in [4.69, 9.17) is 4.42 Å². The molecule has 1 unspecified atom stereocenters. The van der Waals surface area contributed by atoms with Gasteiger partial charge in [0, 0.05) is 19.2 Å². The van der Waals surface area contributed by atoms with E-state index < -0.39 is 0 Å². The Bertz CT molecular complexity index is 510. The Balaban J connectivity index is 1.98. The van der Waals surface area contributed by atoms with Crippen molar-refractivity contribution in [2.75, 3.05) is 0 Å². The van der Waals surface area contributed by atoms with E-state index in [0.717, 1.165) is 36.1 Å². The van der Waals surface area contributed by atoms with Gasteiger partial charge in [0.25, 0.3) is 0 Å². The molecule has 3 heterocycles. The molecule has 0 saturated carbocycles. The van der Waals surface area contributed by atoms with E-state index in [-0.39, 0.29) is 0 Å². The zero-order valence-electron chi connectivity index (χ0n) is 9.73. The summed E-state index contributed by atoms with van der Waals surface area (Å²) in [5.74, 6) is 3.77. The molecule has 0 fully saturated rings. The number of aromatic nitrogens is 2. The Kier molecular flexibility index (Phi) is 2.13. The fourth-order valence-electron chi connectivity index (χ4n) is 2.31. The van der Waals surface area contributed by atoms with E-state index in [2.05, 4.69) is 22.7 Å². The van der Waals surface area contributed by atoms with Gasteiger partial charge in [0.15, 0.2) is 5.76 Å². The van der Waals surface area contributed by atoms with Crippen LogP contribution < -0.4 is 0 Å². The highest BCUT2D eigenvalue weighted by Crippen LogP contribution is 2.25. The van der Waals surface area contributed by atoms with Crippen molar-refractivity contribution in [2.45, 2.75) is 33.2 Å². The van der Waals surface area contributed by atoms with Crippen molar-refractivity contribution in [1.82, 2.24) is 9.55 Å². The van der Waals surface area contributed by atoms with Crippen LogP contribution in [0.2, 0.25) is 0 Å². The average molecular weight is 216 g/mol. The lowest BCUT2D eigenvalue weighted by molar-refractivity contribution is 0.394. The Morgan fingerprint density at radius 1 is 1.44 bits per heavy atom. The maximum atomic E-state index is 5.60. The summed E-state index contributed by atoms with van der Waals surface area (Å²) in [5, 5.41) is 0. The standard InChI is InChI=1S/C13H16N2O/c1-9-3-6-13-14-11(8-15(13)7-9)12-5-4-10(2)16-12/h4-5,8-9H,3,6-7H2,1-2H3. The molecule has 1 atom stereocenters. The molecule has 0 radical (unpaired) electrons. The van der Waals surface area contributed by atoms with Crippen molar-refractivity contribution in [2.24, 2.45) is 5.92 Å². The van der Waals surface area contributed by atoms with Crippen LogP contribution in [0.15, 0.2) is 22.7 Å². The molecule has 0 bridgehead atoms. The van der Waals surface area contributed by atoms with Gasteiger partial charge in [-0.05, 0) is 31.4 Å². The van der Waals surface area contributed by atoms with Gasteiger partial charge < -0.3 is 8.98 Å². The van der Waals surface area contributed by atoms with Crippen LogP contribution >= 0.6 is 0 Å². The van der Waals surface area contributed by atoms with E-state index in [9.17, 15) is 0 Å². The molecule has 0 spiro atoms. The van der Waals surface area contributed by atoms with Crippen LogP contribution in [0.4, 0.5) is 0 Å². The quantitative estimate of drug-likeness (QED) is 0.733. The second-order valence-electron chi connectivity index (χ2n) is 4.75. The van der Waals surface area contributed by atoms with Crippen LogP contribution in [0.25, 0.3) is 11.5 Å². The topological polar surface area (TPSA) is 31.0 Å². The Labute approximate surface area is 95.1 Å². The first-order chi connectivity index (χ1) is 7.72. The van der Waals surface area contributed by atoms with Crippen LogP contribution in [0.3, 0.4) is 0 Å². The summed E-state index contributed by atoms with van der Waals surface area (Å²) < 4.78 is 7.86. The maximum absolute atomic E-state index is 5.60. The SMILES string of the molecule is Cc1ccc(-c2cn3c(n2)CCC(C)C3)o1. The lowest BCUT2D eigenvalue weighted by atomic mass is 10.0. The van der Waals surface area contributed by atoms with Gasteiger partial charge in [-0.15, -0.1) is 0 Å². The summed E-state index contributed by atoms with van der Waals surface area (Å²) in [7, 11) is 0. The van der Waals surface area contributed by atoms with Gasteiger partial charge in [-0.3, -0.25) is 0 Å². The zero-order chi connectivity index (χ0) is 11.1. The van der Waals surface area contributed by atoms with Crippen molar-refractivity contribution < 1.29 is 4.42 Å². The minimum absolute atomic E-state index is 0.757. The number of imidazole rings is 1. The molecule has 0 saturated heterocycles.